The van der Waals surface area contributed by atoms with Crippen LogP contribution in [0.5, 0.6) is 0 Å². The summed E-state index contributed by atoms with van der Waals surface area (Å²) in [5, 5.41) is 3.77. The van der Waals surface area contributed by atoms with Crippen molar-refractivity contribution >= 4 is 34.8 Å². The smallest absolute Gasteiger partial charge is 0.279 e. The van der Waals surface area contributed by atoms with E-state index >= 15 is 0 Å². The Hall–Kier alpha value is -1.55. The third-order valence-corrected chi connectivity index (χ3v) is 4.75. The lowest BCUT2D eigenvalue weighted by Crippen LogP contribution is -3.08. The summed E-state index contributed by atoms with van der Waals surface area (Å²) in [6, 6.07) is 12.1. The van der Waals surface area contributed by atoms with Gasteiger partial charge < -0.3 is 10.2 Å². The highest BCUT2D eigenvalue weighted by Crippen LogP contribution is 2.32. The molecular formula is C19H23Cl2N2O+. The molecule has 0 aromatic heterocycles. The number of carbonyl (C=O) groups is 1. The van der Waals surface area contributed by atoms with Crippen LogP contribution in [0.1, 0.15) is 23.6 Å². The van der Waals surface area contributed by atoms with Gasteiger partial charge in [-0.1, -0.05) is 60.5 Å². The minimum Gasteiger partial charge on any atom is -0.326 e. The Morgan fingerprint density at radius 3 is 2.33 bits per heavy atom. The summed E-state index contributed by atoms with van der Waals surface area (Å²) >= 11 is 12.4. The van der Waals surface area contributed by atoms with Crippen molar-refractivity contribution in [3.05, 3.63) is 63.1 Å². The van der Waals surface area contributed by atoms with Gasteiger partial charge in [0.1, 0.15) is 6.54 Å². The molecule has 1 unspecified atom stereocenters. The second-order valence-corrected chi connectivity index (χ2v) is 6.87. The van der Waals surface area contributed by atoms with Gasteiger partial charge in [0.05, 0.1) is 22.8 Å². The van der Waals surface area contributed by atoms with E-state index in [1.54, 1.807) is 6.07 Å². The number of nitrogens with one attached hydrogen (secondary N) is 2. The lowest BCUT2D eigenvalue weighted by atomic mass is 10.1. The van der Waals surface area contributed by atoms with Crippen LogP contribution in [0.3, 0.4) is 0 Å². The first-order valence-electron chi connectivity index (χ1n) is 8.04. The molecule has 0 spiro atoms. The number of aryl methyl sites for hydroxylation is 2. The predicted molar refractivity (Wildman–Crippen MR) is 101 cm³/mol. The molecule has 1 atom stereocenters. The molecule has 2 aromatic carbocycles. The van der Waals surface area contributed by atoms with Crippen molar-refractivity contribution in [2.24, 2.45) is 0 Å². The lowest BCUT2D eigenvalue weighted by molar-refractivity contribution is -0.885. The first-order chi connectivity index (χ1) is 11.4. The monoisotopic (exact) mass is 365 g/mol. The van der Waals surface area contributed by atoms with E-state index in [9.17, 15) is 4.79 Å². The van der Waals surface area contributed by atoms with Crippen molar-refractivity contribution in [2.75, 3.05) is 18.9 Å². The fraction of sp³-hybridized carbons (Fsp3) is 0.316. The number of hydrogen-bond acceptors (Lipinski definition) is 1. The van der Waals surface area contributed by atoms with Gasteiger partial charge in [0, 0.05) is 5.56 Å². The number of benzene rings is 2. The van der Waals surface area contributed by atoms with Gasteiger partial charge in [0.25, 0.3) is 5.91 Å². The summed E-state index contributed by atoms with van der Waals surface area (Å²) in [5.74, 6) is -0.105. The third-order valence-electron chi connectivity index (χ3n) is 3.95. The molecule has 0 aliphatic carbocycles. The van der Waals surface area contributed by atoms with Crippen LogP contribution in [0.25, 0.3) is 0 Å². The van der Waals surface area contributed by atoms with Crippen LogP contribution >= 0.6 is 23.2 Å². The summed E-state index contributed by atoms with van der Waals surface area (Å²) in [6.07, 6.45) is 1.03. The van der Waals surface area contributed by atoms with Crippen molar-refractivity contribution in [1.82, 2.24) is 0 Å². The third kappa shape index (κ3) is 4.97. The van der Waals surface area contributed by atoms with Crippen molar-refractivity contribution in [1.29, 1.82) is 0 Å². The van der Waals surface area contributed by atoms with Crippen LogP contribution in [-0.2, 0) is 17.8 Å². The molecular weight excluding hydrogens is 343 g/mol. The SMILES string of the molecule is CCc1ccc(C[NH+](C)CC(=O)Nc2c(Cl)ccc(C)c2Cl)cc1. The summed E-state index contributed by atoms with van der Waals surface area (Å²) < 4.78 is 0. The zero-order chi connectivity index (χ0) is 17.7. The summed E-state index contributed by atoms with van der Waals surface area (Å²) in [7, 11) is 1.99. The molecule has 24 heavy (non-hydrogen) atoms. The maximum atomic E-state index is 12.3. The number of rotatable bonds is 6. The molecule has 1 amide bonds. The molecule has 2 rings (SSSR count). The van der Waals surface area contributed by atoms with Gasteiger partial charge in [0.2, 0.25) is 0 Å². The second-order valence-electron chi connectivity index (χ2n) is 6.08. The number of quaternary nitrogens is 1. The highest BCUT2D eigenvalue weighted by atomic mass is 35.5. The van der Waals surface area contributed by atoms with Crippen LogP contribution < -0.4 is 10.2 Å². The zero-order valence-corrected chi connectivity index (χ0v) is 15.8. The molecule has 0 radical (unpaired) electrons. The standard InChI is InChI=1S/C19H22Cl2N2O/c1-4-14-6-8-15(9-7-14)11-23(3)12-17(24)22-19-16(20)10-5-13(2)18(19)21/h5-10H,4,11-12H2,1-3H3,(H,22,24)/p+1. The van der Waals surface area contributed by atoms with Crippen molar-refractivity contribution in [3.8, 4) is 0 Å². The van der Waals surface area contributed by atoms with E-state index in [1.165, 1.54) is 11.1 Å². The molecule has 0 fully saturated rings. The van der Waals surface area contributed by atoms with E-state index in [4.69, 9.17) is 23.2 Å². The largest absolute Gasteiger partial charge is 0.326 e. The van der Waals surface area contributed by atoms with Crippen LogP contribution in [0.4, 0.5) is 5.69 Å². The number of hydrogen-bond donors (Lipinski definition) is 2. The quantitative estimate of drug-likeness (QED) is 0.806. The van der Waals surface area contributed by atoms with E-state index < -0.39 is 0 Å². The van der Waals surface area contributed by atoms with Gasteiger partial charge in [0.15, 0.2) is 6.54 Å². The lowest BCUT2D eigenvalue weighted by Gasteiger charge is -2.15. The fourth-order valence-electron chi connectivity index (χ4n) is 2.53. The van der Waals surface area contributed by atoms with E-state index in [0.29, 0.717) is 22.3 Å². The number of carbonyl (C=O) groups excluding carboxylic acids is 1. The summed E-state index contributed by atoms with van der Waals surface area (Å²) in [6.45, 7) is 5.15. The molecule has 2 N–H and O–H groups in total. The molecule has 5 heteroatoms. The Morgan fingerprint density at radius 1 is 1.08 bits per heavy atom. The van der Waals surface area contributed by atoms with Gasteiger partial charge in [-0.15, -0.1) is 0 Å². The van der Waals surface area contributed by atoms with Gasteiger partial charge in [-0.25, -0.2) is 0 Å². The molecule has 3 nitrogen and oxygen atoms in total. The van der Waals surface area contributed by atoms with Crippen LogP contribution in [-0.4, -0.2) is 19.5 Å². The highest BCUT2D eigenvalue weighted by Gasteiger charge is 2.15. The van der Waals surface area contributed by atoms with E-state index in [1.807, 2.05) is 20.0 Å². The number of halogens is 2. The molecule has 0 heterocycles. The Kier molecular flexibility index (Phi) is 6.67. The molecule has 128 valence electrons. The first-order valence-corrected chi connectivity index (χ1v) is 8.79. The highest BCUT2D eigenvalue weighted by molar-refractivity contribution is 6.40. The minimum atomic E-state index is -0.105. The molecule has 0 aliphatic heterocycles. The van der Waals surface area contributed by atoms with E-state index in [0.717, 1.165) is 23.4 Å². The van der Waals surface area contributed by atoms with Gasteiger partial charge in [-0.3, -0.25) is 4.79 Å². The van der Waals surface area contributed by atoms with Crippen molar-refractivity contribution in [3.63, 3.8) is 0 Å². The van der Waals surface area contributed by atoms with Gasteiger partial charge in [-0.05, 0) is 30.5 Å². The predicted octanol–water partition coefficient (Wildman–Crippen LogP) is 3.52. The first kappa shape index (κ1) is 18.8. The normalized spacial score (nSPS) is 12.0. The Bertz CT molecular complexity index is 714. The van der Waals surface area contributed by atoms with Crippen molar-refractivity contribution in [2.45, 2.75) is 26.8 Å². The Balaban J connectivity index is 1.95. The fourth-order valence-corrected chi connectivity index (χ4v) is 3.00. The number of anilines is 1. The Morgan fingerprint density at radius 2 is 1.71 bits per heavy atom. The van der Waals surface area contributed by atoms with Crippen LogP contribution in [0, 0.1) is 6.92 Å². The van der Waals surface area contributed by atoms with Crippen LogP contribution in [0.2, 0.25) is 10.0 Å². The minimum absolute atomic E-state index is 0.105. The maximum Gasteiger partial charge on any atom is 0.279 e. The zero-order valence-electron chi connectivity index (χ0n) is 14.2. The molecule has 0 saturated heterocycles. The molecule has 0 saturated carbocycles. The number of likely N-dealkylation sites (N-methyl/N-ethyl adjacent to an activating group) is 1. The van der Waals surface area contributed by atoms with Crippen LogP contribution in [0.15, 0.2) is 36.4 Å². The van der Waals surface area contributed by atoms with Crippen molar-refractivity contribution < 1.29 is 9.69 Å². The second kappa shape index (κ2) is 8.52. The van der Waals surface area contributed by atoms with E-state index in [2.05, 4.69) is 36.5 Å². The average molecular weight is 366 g/mol. The molecule has 0 bridgehead atoms. The molecule has 0 aliphatic rings. The maximum absolute atomic E-state index is 12.3. The Labute approximate surface area is 153 Å². The average Bonchev–Trinajstić information content (AvgIpc) is 2.55. The van der Waals surface area contributed by atoms with E-state index in [-0.39, 0.29) is 5.91 Å². The molecule has 2 aromatic rings. The summed E-state index contributed by atoms with van der Waals surface area (Å²) in [5.41, 5.74) is 3.90. The van der Waals surface area contributed by atoms with Gasteiger partial charge >= 0.3 is 0 Å². The number of amides is 1. The topological polar surface area (TPSA) is 33.5 Å². The summed E-state index contributed by atoms with van der Waals surface area (Å²) in [4.78, 5) is 13.4. The van der Waals surface area contributed by atoms with Gasteiger partial charge in [-0.2, -0.15) is 0 Å².